The average Bonchev–Trinajstić information content (AvgIpc) is 3.68. The number of sulfone groups is 1. The molecule has 4 aromatic rings. The van der Waals surface area contributed by atoms with Gasteiger partial charge in [0.2, 0.25) is 0 Å². The zero-order valence-electron chi connectivity index (χ0n) is 40.6. The van der Waals surface area contributed by atoms with Crippen LogP contribution in [0.2, 0.25) is 0 Å². The smallest absolute Gasteiger partial charge is 0.392 e. The SMILES string of the molecule is [N-]=[N+]=NCCOCCOCCOCCNC(=O)c1ccc2c3ccc(C(=O)NCCOCCOCCOCCN=[N+]=[N-])cc3n(CCCCC(=O)CCCCC(O)CS(=O)(=O)c3ccc(C(F)(F)F)cc3)c2c1. The van der Waals surface area contributed by atoms with Gasteiger partial charge in [0.05, 0.1) is 102 Å². The second kappa shape index (κ2) is 33.1. The van der Waals surface area contributed by atoms with E-state index in [1.165, 1.54) is 0 Å². The number of aryl methyl sites for hydroxylation is 1. The molecule has 3 aromatic carbocycles. The summed E-state index contributed by atoms with van der Waals surface area (Å²) in [6.45, 7) is 5.29. The first-order valence-corrected chi connectivity index (χ1v) is 25.6. The number of ketones is 1. The van der Waals surface area contributed by atoms with E-state index < -0.39 is 33.4 Å². The van der Waals surface area contributed by atoms with Crippen LogP contribution in [0.4, 0.5) is 13.2 Å². The number of azide groups is 2. The lowest BCUT2D eigenvalue weighted by atomic mass is 10.1. The number of unbranched alkanes of at least 4 members (excludes halogenated alkanes) is 2. The molecule has 0 aliphatic carbocycles. The van der Waals surface area contributed by atoms with Crippen molar-refractivity contribution < 1.29 is 69.5 Å². The molecular formula is C48H64F3N9O12S. The number of aromatic nitrogens is 1. The molecule has 0 saturated heterocycles. The fourth-order valence-electron chi connectivity index (χ4n) is 7.38. The Bertz CT molecular complexity index is 2440. The van der Waals surface area contributed by atoms with Gasteiger partial charge in [-0.15, -0.1) is 0 Å². The molecule has 0 fully saturated rings. The summed E-state index contributed by atoms with van der Waals surface area (Å²) in [7, 11) is -4.04. The van der Waals surface area contributed by atoms with E-state index in [2.05, 4.69) is 30.7 Å². The predicted molar refractivity (Wildman–Crippen MR) is 264 cm³/mol. The number of hydrogen-bond donors (Lipinski definition) is 3. The Hall–Kier alpha value is -5.85. The van der Waals surface area contributed by atoms with Crippen molar-refractivity contribution in [3.8, 4) is 0 Å². The van der Waals surface area contributed by atoms with Crippen LogP contribution in [0, 0.1) is 0 Å². The second-order valence-electron chi connectivity index (χ2n) is 16.4. The maximum Gasteiger partial charge on any atom is 0.416 e. The molecule has 3 N–H and O–H groups in total. The molecule has 0 saturated carbocycles. The third kappa shape index (κ3) is 22.0. The lowest BCUT2D eigenvalue weighted by Gasteiger charge is -2.12. The van der Waals surface area contributed by atoms with E-state index in [9.17, 15) is 41.1 Å². The van der Waals surface area contributed by atoms with Gasteiger partial charge < -0.3 is 48.7 Å². The highest BCUT2D eigenvalue weighted by Gasteiger charge is 2.31. The topological polar surface area (TPSA) is 287 Å². The number of rotatable bonds is 39. The number of ether oxygens (including phenoxy) is 6. The molecule has 0 radical (unpaired) electrons. The molecule has 1 atom stereocenters. The van der Waals surface area contributed by atoms with Crippen LogP contribution in [0.15, 0.2) is 75.8 Å². The van der Waals surface area contributed by atoms with E-state index in [1.807, 2.05) is 16.7 Å². The molecule has 4 rings (SSSR count). The van der Waals surface area contributed by atoms with Gasteiger partial charge in [-0.1, -0.05) is 28.8 Å². The van der Waals surface area contributed by atoms with E-state index >= 15 is 0 Å². The minimum atomic E-state index is -4.61. The van der Waals surface area contributed by atoms with Gasteiger partial charge >= 0.3 is 6.18 Å². The summed E-state index contributed by atoms with van der Waals surface area (Å²) < 4.78 is 98.7. The number of aliphatic hydroxyl groups is 1. The molecule has 2 amide bonds. The van der Waals surface area contributed by atoms with Crippen molar-refractivity contribution in [3.63, 3.8) is 0 Å². The molecule has 400 valence electrons. The fourth-order valence-corrected chi connectivity index (χ4v) is 8.80. The predicted octanol–water partition coefficient (Wildman–Crippen LogP) is 7.13. The van der Waals surface area contributed by atoms with Crippen LogP contribution < -0.4 is 10.6 Å². The standard InChI is InChI=1S/C48H64F3N9O12S/c49-48(50,51)38-10-12-41(13-11-38)73(65,66)35-40(62)7-2-1-5-39(61)6-3-4-20-60-44-33-36(46(63)54-16-21-67-25-29-71-31-27-69-23-18-56-58-52)8-14-42(44)43-15-9-37(34-45(43)60)47(64)55-17-22-68-26-30-72-32-28-70-24-19-57-59-53/h8-15,33-34,40,62H,1-7,16-32,35H2,(H,54,63)(H,55,64). The Morgan fingerprint density at radius 3 is 1.52 bits per heavy atom. The molecule has 0 aliphatic heterocycles. The van der Waals surface area contributed by atoms with Gasteiger partial charge in [-0.25, -0.2) is 8.42 Å². The highest BCUT2D eigenvalue weighted by atomic mass is 32.2. The average molecular weight is 1050 g/mol. The number of amides is 2. The molecule has 21 nitrogen and oxygen atoms in total. The zero-order valence-corrected chi connectivity index (χ0v) is 41.5. The summed E-state index contributed by atoms with van der Waals surface area (Å²) in [5.41, 5.74) is 17.9. The number of aliphatic hydroxyl groups excluding tert-OH is 1. The highest BCUT2D eigenvalue weighted by Crippen LogP contribution is 2.32. The molecule has 1 unspecified atom stereocenters. The van der Waals surface area contributed by atoms with Crippen molar-refractivity contribution >= 4 is 49.2 Å². The van der Waals surface area contributed by atoms with Crippen LogP contribution in [-0.4, -0.2) is 153 Å². The molecule has 1 heterocycles. The Morgan fingerprint density at radius 2 is 1.07 bits per heavy atom. The van der Waals surface area contributed by atoms with E-state index in [1.54, 1.807) is 24.3 Å². The van der Waals surface area contributed by atoms with Gasteiger partial charge in [-0.3, -0.25) is 14.4 Å². The van der Waals surface area contributed by atoms with Crippen molar-refractivity contribution in [3.05, 3.63) is 98.2 Å². The molecule has 1 aromatic heterocycles. The number of nitrogens with one attached hydrogen (secondary N) is 2. The Balaban J connectivity index is 1.29. The number of hydrogen-bond acceptors (Lipinski definition) is 14. The third-order valence-electron chi connectivity index (χ3n) is 11.0. The van der Waals surface area contributed by atoms with Crippen LogP contribution >= 0.6 is 0 Å². The van der Waals surface area contributed by atoms with Crippen LogP contribution in [0.5, 0.6) is 0 Å². The van der Waals surface area contributed by atoms with Crippen molar-refractivity contribution in [2.75, 3.05) is 111 Å². The normalized spacial score (nSPS) is 12.1. The minimum Gasteiger partial charge on any atom is -0.392 e. The fraction of sp³-hybridized carbons (Fsp3) is 0.562. The first kappa shape index (κ1) is 59.7. The number of carbonyl (C=O) groups is 3. The monoisotopic (exact) mass is 1050 g/mol. The van der Waals surface area contributed by atoms with Crippen LogP contribution in [0.3, 0.4) is 0 Å². The number of alkyl halides is 3. The largest absolute Gasteiger partial charge is 0.416 e. The van der Waals surface area contributed by atoms with Gasteiger partial charge in [0.25, 0.3) is 11.8 Å². The molecular weight excluding hydrogens is 984 g/mol. The van der Waals surface area contributed by atoms with Crippen LogP contribution in [-0.2, 0) is 55.8 Å². The summed E-state index contributed by atoms with van der Waals surface area (Å²) in [5.74, 6) is -1.28. The molecule has 0 spiro atoms. The number of carbonyl (C=O) groups excluding carboxylic acids is 3. The van der Waals surface area contributed by atoms with Crippen molar-refractivity contribution in [1.82, 2.24) is 15.2 Å². The van der Waals surface area contributed by atoms with Gasteiger partial charge in [-0.2, -0.15) is 13.2 Å². The second-order valence-corrected chi connectivity index (χ2v) is 18.4. The summed E-state index contributed by atoms with van der Waals surface area (Å²) >= 11 is 0. The lowest BCUT2D eigenvalue weighted by molar-refractivity contribution is -0.137. The Labute approximate surface area is 421 Å². The van der Waals surface area contributed by atoms with E-state index in [4.69, 9.17) is 39.5 Å². The van der Waals surface area contributed by atoms with Gasteiger partial charge in [0.15, 0.2) is 9.84 Å². The summed E-state index contributed by atoms with van der Waals surface area (Å²) in [6, 6.07) is 13.9. The number of nitrogens with zero attached hydrogens (tertiary/aromatic N) is 7. The van der Waals surface area contributed by atoms with Crippen molar-refractivity contribution in [2.45, 2.75) is 68.7 Å². The number of halogens is 3. The summed E-state index contributed by atoms with van der Waals surface area (Å²) in [4.78, 5) is 44.5. The van der Waals surface area contributed by atoms with E-state index in [-0.39, 0.29) is 81.1 Å². The number of fused-ring (bicyclic) bond motifs is 3. The Kier molecular flexibility index (Phi) is 27.0. The van der Waals surface area contributed by atoms with Crippen molar-refractivity contribution in [2.24, 2.45) is 10.2 Å². The van der Waals surface area contributed by atoms with E-state index in [0.717, 1.165) is 33.9 Å². The molecule has 25 heteroatoms. The zero-order chi connectivity index (χ0) is 52.7. The maximum absolute atomic E-state index is 13.3. The quantitative estimate of drug-likeness (QED) is 0.0174. The van der Waals surface area contributed by atoms with Gasteiger partial charge in [0.1, 0.15) is 5.78 Å². The maximum atomic E-state index is 13.3. The first-order valence-electron chi connectivity index (χ1n) is 24.0. The van der Waals surface area contributed by atoms with Crippen LogP contribution in [0.1, 0.15) is 71.2 Å². The summed E-state index contributed by atoms with van der Waals surface area (Å²) in [5, 5.41) is 24.7. The number of benzene rings is 3. The van der Waals surface area contributed by atoms with Gasteiger partial charge in [-0.05, 0) is 85.3 Å². The van der Waals surface area contributed by atoms with Crippen molar-refractivity contribution in [1.29, 1.82) is 0 Å². The molecule has 0 aliphatic rings. The van der Waals surface area contributed by atoms with Crippen LogP contribution in [0.25, 0.3) is 42.7 Å². The number of Topliss-reactive ketones (excluding diaryl/α,β-unsaturated/α-hetero) is 1. The molecule has 0 bridgehead atoms. The first-order chi connectivity index (χ1) is 35.2. The summed E-state index contributed by atoms with van der Waals surface area (Å²) in [6.07, 6.45) is -3.39. The van der Waals surface area contributed by atoms with Gasteiger partial charge in [0, 0.05) is 88.3 Å². The third-order valence-corrected chi connectivity index (χ3v) is 12.8. The highest BCUT2D eigenvalue weighted by molar-refractivity contribution is 7.91. The minimum absolute atomic E-state index is 0.00466. The molecule has 73 heavy (non-hydrogen) atoms. The Morgan fingerprint density at radius 1 is 0.630 bits per heavy atom. The lowest BCUT2D eigenvalue weighted by Crippen LogP contribution is -2.27. The van der Waals surface area contributed by atoms with E-state index in [0.29, 0.717) is 122 Å².